The minimum atomic E-state index is -0.392. The molecule has 0 amide bonds. The molecule has 0 rings (SSSR count). The Morgan fingerprint density at radius 1 is 1.14 bits per heavy atom. The lowest BCUT2D eigenvalue weighted by Gasteiger charge is -2.23. The topological polar surface area (TPSA) is 38.3 Å². The van der Waals surface area contributed by atoms with Crippen molar-refractivity contribution >= 4 is 18.4 Å². The summed E-state index contributed by atoms with van der Waals surface area (Å²) in [6.07, 6.45) is 0. The smallest absolute Gasteiger partial charge is 0.320 e. The van der Waals surface area contributed by atoms with Crippen LogP contribution in [0.4, 0.5) is 0 Å². The first kappa shape index (κ1) is 16.2. The lowest BCUT2D eigenvalue weighted by molar-refractivity contribution is -0.153. The van der Waals surface area contributed by atoms with Crippen molar-refractivity contribution in [3.63, 3.8) is 0 Å². The zero-order valence-electron chi connectivity index (χ0n) is 9.93. The average Bonchev–Trinajstić information content (AvgIpc) is 1.78. The van der Waals surface area contributed by atoms with Crippen LogP contribution in [0, 0.1) is 0 Å². The van der Waals surface area contributed by atoms with Crippen molar-refractivity contribution in [2.45, 2.75) is 52.7 Å². The minimum absolute atomic E-state index is 0. The van der Waals surface area contributed by atoms with E-state index in [4.69, 9.17) is 4.74 Å². The first-order valence-corrected chi connectivity index (χ1v) is 4.57. The lowest BCUT2D eigenvalue weighted by atomic mass is 10.1. The fourth-order valence-electron chi connectivity index (χ4n) is 0.715. The number of esters is 1. The number of carbonyl (C=O) groups excluding carboxylic acids is 1. The number of hydrogen-bond donors (Lipinski definition) is 1. The monoisotopic (exact) mass is 223 g/mol. The van der Waals surface area contributed by atoms with Gasteiger partial charge in [-0.1, -0.05) is 0 Å². The Morgan fingerprint density at radius 3 is 1.86 bits per heavy atom. The van der Waals surface area contributed by atoms with Gasteiger partial charge in [0.05, 0.1) is 6.54 Å². The molecule has 0 atom stereocenters. The maximum atomic E-state index is 11.2. The van der Waals surface area contributed by atoms with Crippen molar-refractivity contribution in [2.24, 2.45) is 0 Å². The number of ether oxygens (including phenoxy) is 1. The second kappa shape index (κ2) is 5.56. The van der Waals surface area contributed by atoms with E-state index in [1.54, 1.807) is 0 Å². The van der Waals surface area contributed by atoms with E-state index in [1.807, 2.05) is 41.5 Å². The van der Waals surface area contributed by atoms with Crippen LogP contribution in [0.25, 0.3) is 0 Å². The predicted octanol–water partition coefficient (Wildman–Crippen LogP) is 2.14. The molecule has 0 heterocycles. The van der Waals surface area contributed by atoms with Crippen LogP contribution in [-0.2, 0) is 9.53 Å². The molecule has 0 spiro atoms. The molecule has 0 aliphatic heterocycles. The van der Waals surface area contributed by atoms with Gasteiger partial charge in [0.15, 0.2) is 0 Å². The molecule has 3 nitrogen and oxygen atoms in total. The van der Waals surface area contributed by atoms with Gasteiger partial charge >= 0.3 is 5.97 Å². The fourth-order valence-corrected chi connectivity index (χ4v) is 0.715. The molecule has 0 aliphatic carbocycles. The number of nitrogens with one attached hydrogen (secondary N) is 1. The first-order valence-electron chi connectivity index (χ1n) is 4.57. The highest BCUT2D eigenvalue weighted by molar-refractivity contribution is 5.85. The molecule has 0 aromatic carbocycles. The van der Waals surface area contributed by atoms with E-state index < -0.39 is 5.60 Å². The second-order valence-electron chi connectivity index (χ2n) is 5.19. The van der Waals surface area contributed by atoms with E-state index in [0.717, 1.165) is 0 Å². The first-order chi connectivity index (χ1) is 5.60. The molecule has 0 unspecified atom stereocenters. The van der Waals surface area contributed by atoms with Crippen LogP contribution < -0.4 is 5.32 Å². The standard InChI is InChI=1S/C10H21NO2.ClH/c1-9(2,3)11-7-8(12)13-10(4,5)6;/h11H,7H2,1-6H3;1H. The normalized spacial score (nSPS) is 11.9. The molecule has 4 heteroatoms. The van der Waals surface area contributed by atoms with Gasteiger partial charge < -0.3 is 10.1 Å². The van der Waals surface area contributed by atoms with Gasteiger partial charge in [0.2, 0.25) is 0 Å². The molecule has 14 heavy (non-hydrogen) atoms. The Hall–Kier alpha value is -0.280. The van der Waals surface area contributed by atoms with Crippen LogP contribution in [0.3, 0.4) is 0 Å². The van der Waals surface area contributed by atoms with Crippen LogP contribution in [0.5, 0.6) is 0 Å². The third-order valence-electron chi connectivity index (χ3n) is 1.18. The lowest BCUT2D eigenvalue weighted by Crippen LogP contribution is -2.41. The van der Waals surface area contributed by atoms with E-state index in [1.165, 1.54) is 0 Å². The van der Waals surface area contributed by atoms with E-state index in [0.29, 0.717) is 0 Å². The Bertz CT molecular complexity index is 180. The minimum Gasteiger partial charge on any atom is -0.459 e. The van der Waals surface area contributed by atoms with Gasteiger partial charge in [-0.25, -0.2) is 0 Å². The number of carbonyl (C=O) groups is 1. The molecule has 0 radical (unpaired) electrons. The summed E-state index contributed by atoms with van der Waals surface area (Å²) < 4.78 is 5.13. The molecule has 1 N–H and O–H groups in total. The average molecular weight is 224 g/mol. The van der Waals surface area contributed by atoms with Crippen molar-refractivity contribution in [3.8, 4) is 0 Å². The van der Waals surface area contributed by atoms with Gasteiger partial charge in [-0.15, -0.1) is 12.4 Å². The van der Waals surface area contributed by atoms with E-state index in [2.05, 4.69) is 5.32 Å². The van der Waals surface area contributed by atoms with Crippen molar-refractivity contribution in [2.75, 3.05) is 6.54 Å². The van der Waals surface area contributed by atoms with Crippen LogP contribution in [0.2, 0.25) is 0 Å². The fraction of sp³-hybridized carbons (Fsp3) is 0.900. The number of rotatable bonds is 2. The number of halogens is 1. The van der Waals surface area contributed by atoms with Gasteiger partial charge in [-0.2, -0.15) is 0 Å². The Kier molecular flexibility index (Phi) is 6.42. The van der Waals surface area contributed by atoms with Gasteiger partial charge in [-0.05, 0) is 41.5 Å². The molecule has 0 aromatic heterocycles. The summed E-state index contributed by atoms with van der Waals surface area (Å²) in [7, 11) is 0. The van der Waals surface area contributed by atoms with E-state index in [-0.39, 0.29) is 30.5 Å². The Balaban J connectivity index is 0. The maximum Gasteiger partial charge on any atom is 0.320 e. The molecule has 86 valence electrons. The zero-order valence-corrected chi connectivity index (χ0v) is 10.7. The summed E-state index contributed by atoms with van der Waals surface area (Å²) in [4.78, 5) is 11.2. The number of hydrogen-bond acceptors (Lipinski definition) is 3. The second-order valence-corrected chi connectivity index (χ2v) is 5.19. The summed E-state index contributed by atoms with van der Waals surface area (Å²) >= 11 is 0. The summed E-state index contributed by atoms with van der Waals surface area (Å²) in [6, 6.07) is 0. The van der Waals surface area contributed by atoms with Crippen LogP contribution >= 0.6 is 12.4 Å². The van der Waals surface area contributed by atoms with Crippen molar-refractivity contribution in [1.29, 1.82) is 0 Å². The van der Waals surface area contributed by atoms with E-state index >= 15 is 0 Å². The molecular weight excluding hydrogens is 202 g/mol. The third kappa shape index (κ3) is 11.7. The van der Waals surface area contributed by atoms with Gasteiger partial charge in [-0.3, -0.25) is 4.79 Å². The molecule has 0 saturated carbocycles. The Morgan fingerprint density at radius 2 is 1.57 bits per heavy atom. The van der Waals surface area contributed by atoms with Crippen molar-refractivity contribution < 1.29 is 9.53 Å². The molecule has 0 aliphatic rings. The summed E-state index contributed by atoms with van der Waals surface area (Å²) in [5, 5.41) is 3.07. The largest absolute Gasteiger partial charge is 0.459 e. The highest BCUT2D eigenvalue weighted by Crippen LogP contribution is 2.07. The van der Waals surface area contributed by atoms with Gasteiger partial charge in [0.1, 0.15) is 5.60 Å². The predicted molar refractivity (Wildman–Crippen MR) is 60.8 cm³/mol. The quantitative estimate of drug-likeness (QED) is 0.729. The van der Waals surface area contributed by atoms with Crippen LogP contribution in [-0.4, -0.2) is 23.7 Å². The van der Waals surface area contributed by atoms with Crippen LogP contribution in [0.15, 0.2) is 0 Å². The highest BCUT2D eigenvalue weighted by atomic mass is 35.5. The SMILES string of the molecule is CC(C)(C)NCC(=O)OC(C)(C)C.Cl. The van der Waals surface area contributed by atoms with E-state index in [9.17, 15) is 4.79 Å². The Labute approximate surface area is 93.0 Å². The molecule has 0 bridgehead atoms. The van der Waals surface area contributed by atoms with Gasteiger partial charge in [0, 0.05) is 5.54 Å². The zero-order chi connectivity index (χ0) is 10.7. The summed E-state index contributed by atoms with van der Waals surface area (Å²) in [5.41, 5.74) is -0.437. The summed E-state index contributed by atoms with van der Waals surface area (Å²) in [5.74, 6) is -0.206. The molecule has 0 saturated heterocycles. The van der Waals surface area contributed by atoms with Gasteiger partial charge in [0.25, 0.3) is 0 Å². The van der Waals surface area contributed by atoms with Crippen LogP contribution in [0.1, 0.15) is 41.5 Å². The molecular formula is C10H22ClNO2. The summed E-state index contributed by atoms with van der Waals surface area (Å²) in [6.45, 7) is 11.9. The maximum absolute atomic E-state index is 11.2. The molecule has 0 fully saturated rings. The van der Waals surface area contributed by atoms with Crippen molar-refractivity contribution in [3.05, 3.63) is 0 Å². The molecule has 0 aromatic rings. The van der Waals surface area contributed by atoms with Crippen molar-refractivity contribution in [1.82, 2.24) is 5.32 Å². The third-order valence-corrected chi connectivity index (χ3v) is 1.18. The highest BCUT2D eigenvalue weighted by Gasteiger charge is 2.17.